The van der Waals surface area contributed by atoms with Gasteiger partial charge in [0.2, 0.25) is 0 Å². The van der Waals surface area contributed by atoms with E-state index in [1.54, 1.807) is 12.1 Å². The van der Waals surface area contributed by atoms with Crippen LogP contribution in [0.25, 0.3) is 0 Å². The van der Waals surface area contributed by atoms with Crippen LogP contribution in [0.3, 0.4) is 0 Å². The zero-order valence-electron chi connectivity index (χ0n) is 17.8. The molecular formula is C23H21F3N4O4. The normalized spacial score (nSPS) is 18.3. The molecule has 1 aromatic heterocycles. The summed E-state index contributed by atoms with van der Waals surface area (Å²) in [6.45, 7) is 0. The fourth-order valence-electron chi connectivity index (χ4n) is 3.96. The number of aliphatic carboxylic acids is 1. The molecule has 0 aliphatic heterocycles. The second kappa shape index (κ2) is 9.54. The van der Waals surface area contributed by atoms with Gasteiger partial charge < -0.3 is 20.2 Å². The molecule has 2 aromatic carbocycles. The lowest BCUT2D eigenvalue weighted by molar-refractivity contribution is -0.143. The number of carbonyl (C=O) groups excluding carboxylic acids is 1. The van der Waals surface area contributed by atoms with E-state index in [0.29, 0.717) is 18.5 Å². The number of rotatable bonds is 6. The molecule has 0 saturated heterocycles. The van der Waals surface area contributed by atoms with Crippen LogP contribution in [0.15, 0.2) is 52.9 Å². The summed E-state index contributed by atoms with van der Waals surface area (Å²) < 4.78 is 43.8. The Balaban J connectivity index is 1.34. The topological polar surface area (TPSA) is 117 Å². The average Bonchev–Trinajstić information content (AvgIpc) is 3.28. The van der Waals surface area contributed by atoms with E-state index < -0.39 is 23.6 Å². The maximum Gasteiger partial charge on any atom is 0.416 e. The third-order valence-electron chi connectivity index (χ3n) is 5.78. The monoisotopic (exact) mass is 474 g/mol. The van der Waals surface area contributed by atoms with Crippen LogP contribution in [0.1, 0.15) is 53.4 Å². The average molecular weight is 474 g/mol. The Morgan fingerprint density at radius 2 is 1.68 bits per heavy atom. The summed E-state index contributed by atoms with van der Waals surface area (Å²) in [5.74, 6) is -1.77. The molecule has 11 heteroatoms. The number of nitrogens with zero attached hydrogens (tertiary/aromatic N) is 2. The van der Waals surface area contributed by atoms with E-state index in [4.69, 9.17) is 9.52 Å². The SMILES string of the molecule is O=C(Nc1ccc([C@H]2CC[C@H](C(=O)O)CC2)cc1)c1nnc(Nc2cccc(C(F)(F)F)c2)o1. The maximum absolute atomic E-state index is 12.8. The summed E-state index contributed by atoms with van der Waals surface area (Å²) in [6, 6.07) is 11.5. The minimum Gasteiger partial charge on any atom is -0.481 e. The van der Waals surface area contributed by atoms with Crippen molar-refractivity contribution in [3.8, 4) is 0 Å². The summed E-state index contributed by atoms with van der Waals surface area (Å²) in [6.07, 6.45) is -1.61. The Bertz CT molecular complexity index is 1170. The number of hydrogen-bond donors (Lipinski definition) is 3. The molecule has 0 atom stereocenters. The van der Waals surface area contributed by atoms with Crippen molar-refractivity contribution < 1.29 is 32.3 Å². The first kappa shape index (κ1) is 23.3. The number of alkyl halides is 3. The largest absolute Gasteiger partial charge is 0.481 e. The van der Waals surface area contributed by atoms with Gasteiger partial charge in [0.15, 0.2) is 0 Å². The second-order valence-electron chi connectivity index (χ2n) is 8.08. The fraction of sp³-hybridized carbons (Fsp3) is 0.304. The zero-order valence-corrected chi connectivity index (χ0v) is 17.8. The van der Waals surface area contributed by atoms with Gasteiger partial charge in [-0.1, -0.05) is 23.3 Å². The van der Waals surface area contributed by atoms with Crippen LogP contribution in [0.5, 0.6) is 0 Å². The lowest BCUT2D eigenvalue weighted by Gasteiger charge is -2.26. The number of carboxylic acid groups (broad SMARTS) is 1. The molecule has 34 heavy (non-hydrogen) atoms. The van der Waals surface area contributed by atoms with Gasteiger partial charge in [-0.25, -0.2) is 0 Å². The first-order valence-electron chi connectivity index (χ1n) is 10.6. The van der Waals surface area contributed by atoms with E-state index in [0.717, 1.165) is 30.5 Å². The van der Waals surface area contributed by atoms with Crippen LogP contribution in [0.2, 0.25) is 0 Å². The second-order valence-corrected chi connectivity index (χ2v) is 8.08. The predicted molar refractivity (Wildman–Crippen MR) is 116 cm³/mol. The molecule has 0 spiro atoms. The lowest BCUT2D eigenvalue weighted by atomic mass is 9.79. The van der Waals surface area contributed by atoms with Gasteiger partial charge in [0, 0.05) is 11.4 Å². The number of benzene rings is 2. The highest BCUT2D eigenvalue weighted by molar-refractivity contribution is 6.00. The van der Waals surface area contributed by atoms with Gasteiger partial charge in [-0.3, -0.25) is 9.59 Å². The van der Waals surface area contributed by atoms with Crippen molar-refractivity contribution in [1.29, 1.82) is 0 Å². The molecule has 3 aromatic rings. The van der Waals surface area contributed by atoms with Gasteiger partial charge in [-0.05, 0) is 67.5 Å². The highest BCUT2D eigenvalue weighted by Crippen LogP contribution is 2.36. The van der Waals surface area contributed by atoms with Gasteiger partial charge in [0.1, 0.15) is 0 Å². The first-order chi connectivity index (χ1) is 16.2. The van der Waals surface area contributed by atoms with Crippen LogP contribution >= 0.6 is 0 Å². The van der Waals surface area contributed by atoms with Crippen molar-refractivity contribution in [3.63, 3.8) is 0 Å². The summed E-state index contributed by atoms with van der Waals surface area (Å²) in [4.78, 5) is 23.5. The van der Waals surface area contributed by atoms with Gasteiger partial charge in [0.05, 0.1) is 11.5 Å². The van der Waals surface area contributed by atoms with E-state index in [1.165, 1.54) is 12.1 Å². The van der Waals surface area contributed by atoms with Gasteiger partial charge in [-0.2, -0.15) is 13.2 Å². The minimum atomic E-state index is -4.50. The van der Waals surface area contributed by atoms with E-state index >= 15 is 0 Å². The van der Waals surface area contributed by atoms with Gasteiger partial charge in [0.25, 0.3) is 0 Å². The number of carbonyl (C=O) groups is 2. The molecule has 1 aliphatic rings. The highest BCUT2D eigenvalue weighted by Gasteiger charge is 2.30. The molecule has 0 radical (unpaired) electrons. The molecular weight excluding hydrogens is 453 g/mol. The third-order valence-corrected chi connectivity index (χ3v) is 5.78. The van der Waals surface area contributed by atoms with Crippen LogP contribution in [-0.4, -0.2) is 27.2 Å². The van der Waals surface area contributed by atoms with Crippen LogP contribution < -0.4 is 10.6 Å². The first-order valence-corrected chi connectivity index (χ1v) is 10.6. The maximum atomic E-state index is 12.8. The lowest BCUT2D eigenvalue weighted by Crippen LogP contribution is -2.20. The number of aromatic nitrogens is 2. The van der Waals surface area contributed by atoms with Crippen molar-refractivity contribution in [2.75, 3.05) is 10.6 Å². The molecule has 8 nitrogen and oxygen atoms in total. The van der Waals surface area contributed by atoms with E-state index in [9.17, 15) is 22.8 Å². The smallest absolute Gasteiger partial charge is 0.416 e. The van der Waals surface area contributed by atoms with E-state index in [2.05, 4.69) is 20.8 Å². The Kier molecular flexibility index (Phi) is 6.53. The third kappa shape index (κ3) is 5.53. The summed E-state index contributed by atoms with van der Waals surface area (Å²) >= 11 is 0. The van der Waals surface area contributed by atoms with Gasteiger partial charge >= 0.3 is 30.0 Å². The zero-order chi connectivity index (χ0) is 24.3. The summed E-state index contributed by atoms with van der Waals surface area (Å²) in [5.41, 5.74) is 0.817. The van der Waals surface area contributed by atoms with Crippen molar-refractivity contribution in [2.45, 2.75) is 37.8 Å². The standard InChI is InChI=1S/C23H21F3N4O4/c24-23(25,26)16-2-1-3-18(12-16)28-22-30-29-20(34-22)19(31)27-17-10-8-14(9-11-17)13-4-6-15(7-5-13)21(32)33/h1-3,8-13,15H,4-7H2,(H,27,31)(H,28,30)(H,32,33)/t13-,15-. The Morgan fingerprint density at radius 1 is 0.971 bits per heavy atom. The number of nitrogens with one attached hydrogen (secondary N) is 2. The number of amides is 1. The number of anilines is 3. The fourth-order valence-corrected chi connectivity index (χ4v) is 3.96. The molecule has 1 fully saturated rings. The molecule has 0 unspecified atom stereocenters. The number of hydrogen-bond acceptors (Lipinski definition) is 6. The Labute approximate surface area is 192 Å². The van der Waals surface area contributed by atoms with Crippen molar-refractivity contribution in [3.05, 3.63) is 65.5 Å². The van der Waals surface area contributed by atoms with E-state index in [1.807, 2.05) is 12.1 Å². The van der Waals surface area contributed by atoms with E-state index in [-0.39, 0.29) is 29.4 Å². The molecule has 3 N–H and O–H groups in total. The minimum absolute atomic E-state index is 0.0819. The highest BCUT2D eigenvalue weighted by atomic mass is 19.4. The van der Waals surface area contributed by atoms with Crippen LogP contribution in [-0.2, 0) is 11.0 Å². The summed E-state index contributed by atoms with van der Waals surface area (Å²) in [7, 11) is 0. The van der Waals surface area contributed by atoms with Crippen molar-refractivity contribution in [1.82, 2.24) is 10.2 Å². The molecule has 1 aliphatic carbocycles. The predicted octanol–water partition coefficient (Wildman–Crippen LogP) is 5.44. The molecule has 178 valence electrons. The molecule has 4 rings (SSSR count). The van der Waals surface area contributed by atoms with Crippen molar-refractivity contribution in [2.24, 2.45) is 5.92 Å². The quantitative estimate of drug-likeness (QED) is 0.435. The molecule has 0 bridgehead atoms. The Hall–Kier alpha value is -3.89. The van der Waals surface area contributed by atoms with Crippen LogP contribution in [0, 0.1) is 5.92 Å². The molecule has 1 heterocycles. The number of carboxylic acids is 1. The Morgan fingerprint density at radius 3 is 2.32 bits per heavy atom. The van der Waals surface area contributed by atoms with Crippen LogP contribution in [0.4, 0.5) is 30.6 Å². The molecule has 1 saturated carbocycles. The summed E-state index contributed by atoms with van der Waals surface area (Å²) in [5, 5.41) is 21.6. The number of halogens is 3. The molecule has 1 amide bonds. The van der Waals surface area contributed by atoms with Crippen molar-refractivity contribution >= 4 is 29.3 Å². The van der Waals surface area contributed by atoms with Gasteiger partial charge in [-0.15, -0.1) is 5.10 Å².